The standard InChI is InChI=1S/C29H32FN7O2S/c1-6-22-26(34(5)28-32-25(24(17-31)40-28)19-7-9-20(30)10-8-19)23-16-21(15-18(2)37(23)33-22)35-11-13-36(14-12-35)27(38)29(3,4)39/h7-10,15-16,39H,6,11-14H2,1-5H3. The maximum atomic E-state index is 13.5. The van der Waals surface area contributed by atoms with Crippen LogP contribution in [0, 0.1) is 24.1 Å². The monoisotopic (exact) mass is 561 g/mol. The molecule has 0 spiro atoms. The van der Waals surface area contributed by atoms with Crippen molar-refractivity contribution in [1.29, 1.82) is 5.26 Å². The molecule has 0 atom stereocenters. The molecule has 40 heavy (non-hydrogen) atoms. The van der Waals surface area contributed by atoms with Crippen LogP contribution in [-0.4, -0.2) is 69.3 Å². The lowest BCUT2D eigenvalue weighted by molar-refractivity contribution is -0.148. The zero-order valence-corrected chi connectivity index (χ0v) is 24.1. The smallest absolute Gasteiger partial charge is 0.254 e. The van der Waals surface area contributed by atoms with Gasteiger partial charge in [0.15, 0.2) is 5.13 Å². The van der Waals surface area contributed by atoms with Crippen LogP contribution in [0.4, 0.5) is 20.9 Å². The van der Waals surface area contributed by atoms with Crippen molar-refractivity contribution in [3.8, 4) is 17.3 Å². The van der Waals surface area contributed by atoms with Crippen LogP contribution < -0.4 is 9.80 Å². The van der Waals surface area contributed by atoms with Crippen molar-refractivity contribution in [2.45, 2.75) is 39.7 Å². The molecule has 1 N–H and O–H groups in total. The Morgan fingerprint density at radius 1 is 1.20 bits per heavy atom. The van der Waals surface area contributed by atoms with E-state index in [1.165, 1.54) is 37.3 Å². The number of carbonyl (C=O) groups is 1. The maximum absolute atomic E-state index is 13.5. The van der Waals surface area contributed by atoms with Crippen LogP contribution in [0.2, 0.25) is 0 Å². The van der Waals surface area contributed by atoms with E-state index in [9.17, 15) is 19.6 Å². The van der Waals surface area contributed by atoms with Gasteiger partial charge < -0.3 is 19.8 Å². The number of thiazole rings is 1. The molecule has 11 heteroatoms. The van der Waals surface area contributed by atoms with E-state index in [-0.39, 0.29) is 11.7 Å². The molecule has 1 saturated heterocycles. The van der Waals surface area contributed by atoms with Gasteiger partial charge in [-0.05, 0) is 63.6 Å². The van der Waals surface area contributed by atoms with Crippen LogP contribution in [0.15, 0.2) is 36.4 Å². The first kappa shape index (κ1) is 27.6. The van der Waals surface area contributed by atoms with Crippen molar-refractivity contribution in [3.05, 3.63) is 58.5 Å². The largest absolute Gasteiger partial charge is 0.381 e. The van der Waals surface area contributed by atoms with Crippen molar-refractivity contribution in [2.75, 3.05) is 43.0 Å². The average molecular weight is 562 g/mol. The summed E-state index contributed by atoms with van der Waals surface area (Å²) in [6, 6.07) is 12.4. The third-order valence-electron chi connectivity index (χ3n) is 7.19. The number of nitrogens with zero attached hydrogens (tertiary/aromatic N) is 7. The number of piperazine rings is 1. The number of amides is 1. The molecule has 4 heterocycles. The Hall–Kier alpha value is -4.01. The molecule has 4 aromatic rings. The van der Waals surface area contributed by atoms with Crippen LogP contribution in [0.1, 0.15) is 37.0 Å². The van der Waals surface area contributed by atoms with Crippen molar-refractivity contribution in [1.82, 2.24) is 19.5 Å². The summed E-state index contributed by atoms with van der Waals surface area (Å²) in [5.41, 5.74) is 4.56. The molecule has 0 aliphatic carbocycles. The van der Waals surface area contributed by atoms with Gasteiger partial charge in [0.05, 0.1) is 16.9 Å². The van der Waals surface area contributed by atoms with Gasteiger partial charge in [-0.15, -0.1) is 0 Å². The summed E-state index contributed by atoms with van der Waals surface area (Å²) < 4.78 is 15.4. The predicted molar refractivity (Wildman–Crippen MR) is 155 cm³/mol. The fourth-order valence-corrected chi connectivity index (χ4v) is 5.95. The number of benzene rings is 1. The average Bonchev–Trinajstić information content (AvgIpc) is 3.54. The van der Waals surface area contributed by atoms with Crippen LogP contribution in [0.25, 0.3) is 16.8 Å². The number of hydrogen-bond donors (Lipinski definition) is 1. The highest BCUT2D eigenvalue weighted by Gasteiger charge is 2.32. The number of anilines is 3. The van der Waals surface area contributed by atoms with Crippen LogP contribution in [0.3, 0.4) is 0 Å². The van der Waals surface area contributed by atoms with Gasteiger partial charge in [0.2, 0.25) is 0 Å². The molecule has 1 fully saturated rings. The zero-order chi connectivity index (χ0) is 28.8. The first-order valence-corrected chi connectivity index (χ1v) is 14.0. The van der Waals surface area contributed by atoms with Gasteiger partial charge in [0, 0.05) is 50.2 Å². The summed E-state index contributed by atoms with van der Waals surface area (Å²) in [5, 5.41) is 25.5. The minimum absolute atomic E-state index is 0.258. The molecular weight excluding hydrogens is 529 g/mol. The van der Waals surface area contributed by atoms with Gasteiger partial charge in [-0.3, -0.25) is 4.79 Å². The van der Waals surface area contributed by atoms with E-state index in [2.05, 4.69) is 30.0 Å². The van der Waals surface area contributed by atoms with E-state index in [0.717, 1.165) is 28.3 Å². The van der Waals surface area contributed by atoms with Crippen molar-refractivity contribution in [3.63, 3.8) is 0 Å². The van der Waals surface area contributed by atoms with Gasteiger partial charge in [0.25, 0.3) is 5.91 Å². The molecule has 1 aromatic carbocycles. The number of aliphatic hydroxyl groups is 1. The molecule has 9 nitrogen and oxygen atoms in total. The molecule has 208 valence electrons. The van der Waals surface area contributed by atoms with Gasteiger partial charge in [0.1, 0.15) is 28.1 Å². The Morgan fingerprint density at radius 2 is 1.88 bits per heavy atom. The van der Waals surface area contributed by atoms with Crippen LogP contribution in [0.5, 0.6) is 0 Å². The number of carbonyl (C=O) groups excluding carboxylic acids is 1. The van der Waals surface area contributed by atoms with Crippen LogP contribution in [-0.2, 0) is 11.2 Å². The number of aromatic nitrogens is 3. The molecule has 0 unspecified atom stereocenters. The fraction of sp³-hybridized carbons (Fsp3) is 0.379. The predicted octanol–water partition coefficient (Wildman–Crippen LogP) is 4.53. The highest BCUT2D eigenvalue weighted by atomic mass is 32.1. The number of nitriles is 1. The minimum Gasteiger partial charge on any atom is -0.381 e. The molecule has 1 aliphatic heterocycles. The number of pyridine rings is 1. The zero-order valence-electron chi connectivity index (χ0n) is 23.3. The van der Waals surface area contributed by atoms with Gasteiger partial charge >= 0.3 is 0 Å². The molecular formula is C29H32FN7O2S. The van der Waals surface area contributed by atoms with E-state index in [0.29, 0.717) is 53.9 Å². The SMILES string of the molecule is CCc1nn2c(C)cc(N3CCN(C(=O)C(C)(C)O)CC3)cc2c1N(C)c1nc(-c2ccc(F)cc2)c(C#N)s1. The number of fused-ring (bicyclic) bond motifs is 1. The van der Waals surface area contributed by atoms with E-state index in [1.54, 1.807) is 17.0 Å². The second-order valence-corrected chi connectivity index (χ2v) is 11.5. The summed E-state index contributed by atoms with van der Waals surface area (Å²) in [4.78, 5) is 23.7. The molecule has 0 bridgehead atoms. The van der Waals surface area contributed by atoms with Crippen LogP contribution >= 0.6 is 11.3 Å². The van der Waals surface area contributed by atoms with Crippen molar-refractivity contribution in [2.24, 2.45) is 0 Å². The summed E-state index contributed by atoms with van der Waals surface area (Å²) >= 11 is 1.29. The summed E-state index contributed by atoms with van der Waals surface area (Å²) in [7, 11) is 1.92. The topological polar surface area (TPSA) is 101 Å². The highest BCUT2D eigenvalue weighted by Crippen LogP contribution is 2.39. The molecule has 1 aliphatic rings. The Morgan fingerprint density at radius 3 is 2.48 bits per heavy atom. The summed E-state index contributed by atoms with van der Waals surface area (Å²) in [5.74, 6) is -0.601. The third kappa shape index (κ3) is 5.00. The second-order valence-electron chi connectivity index (χ2n) is 10.5. The number of hydrogen-bond acceptors (Lipinski definition) is 8. The molecule has 0 saturated carbocycles. The lowest BCUT2D eigenvalue weighted by Gasteiger charge is -2.38. The van der Waals surface area contributed by atoms with Crippen molar-refractivity contribution < 1.29 is 14.3 Å². The first-order valence-electron chi connectivity index (χ1n) is 13.2. The Bertz CT molecular complexity index is 1610. The Labute approximate surface area is 236 Å². The first-order chi connectivity index (χ1) is 19.0. The second kappa shape index (κ2) is 10.5. The van der Waals surface area contributed by atoms with Gasteiger partial charge in [-0.25, -0.2) is 13.9 Å². The highest BCUT2D eigenvalue weighted by molar-refractivity contribution is 7.16. The third-order valence-corrected chi connectivity index (χ3v) is 8.22. The van der Waals surface area contributed by atoms with E-state index in [4.69, 9.17) is 10.1 Å². The van der Waals surface area contributed by atoms with E-state index in [1.807, 2.05) is 23.4 Å². The van der Waals surface area contributed by atoms with Gasteiger partial charge in [-0.1, -0.05) is 18.3 Å². The lowest BCUT2D eigenvalue weighted by Crippen LogP contribution is -2.54. The number of rotatable bonds is 6. The van der Waals surface area contributed by atoms with Gasteiger partial charge in [-0.2, -0.15) is 10.4 Å². The molecule has 3 aromatic heterocycles. The van der Waals surface area contributed by atoms with E-state index < -0.39 is 5.60 Å². The molecule has 5 rings (SSSR count). The Kier molecular flexibility index (Phi) is 7.25. The molecule has 1 amide bonds. The number of aryl methyl sites for hydroxylation is 2. The summed E-state index contributed by atoms with van der Waals surface area (Å²) in [6.45, 7) is 9.47. The fourth-order valence-electron chi connectivity index (χ4n) is 5.09. The lowest BCUT2D eigenvalue weighted by atomic mass is 10.1. The maximum Gasteiger partial charge on any atom is 0.254 e. The summed E-state index contributed by atoms with van der Waals surface area (Å²) in [6.07, 6.45) is 0.704. The van der Waals surface area contributed by atoms with E-state index >= 15 is 0 Å². The Balaban J connectivity index is 1.50. The quantitative estimate of drug-likeness (QED) is 0.369. The normalized spacial score (nSPS) is 14.1. The number of halogens is 1. The minimum atomic E-state index is -1.39. The molecule has 0 radical (unpaired) electrons. The van der Waals surface area contributed by atoms with Crippen molar-refractivity contribution >= 4 is 39.3 Å².